The zero-order valence-electron chi connectivity index (χ0n) is 16.7. The molecular formula is C22H27ClN2O2S. The van der Waals surface area contributed by atoms with Crippen molar-refractivity contribution in [3.8, 4) is 0 Å². The van der Waals surface area contributed by atoms with Crippen molar-refractivity contribution in [2.75, 3.05) is 12.0 Å². The molecule has 0 fully saturated rings. The highest BCUT2D eigenvalue weighted by Gasteiger charge is 2.24. The Morgan fingerprint density at radius 2 is 1.82 bits per heavy atom. The van der Waals surface area contributed by atoms with Gasteiger partial charge >= 0.3 is 0 Å². The van der Waals surface area contributed by atoms with E-state index in [0.717, 1.165) is 22.4 Å². The molecule has 150 valence electrons. The number of rotatable bonds is 8. The predicted octanol–water partition coefficient (Wildman–Crippen LogP) is 4.69. The summed E-state index contributed by atoms with van der Waals surface area (Å²) in [5.74, 6) is 0.229. The van der Waals surface area contributed by atoms with Crippen molar-refractivity contribution in [1.82, 2.24) is 10.6 Å². The fourth-order valence-corrected chi connectivity index (χ4v) is 3.70. The molecule has 0 aromatic heterocycles. The number of halogens is 1. The molecule has 2 unspecified atom stereocenters. The van der Waals surface area contributed by atoms with E-state index in [4.69, 9.17) is 11.6 Å². The molecule has 0 aliphatic rings. The predicted molar refractivity (Wildman–Crippen MR) is 118 cm³/mol. The lowest BCUT2D eigenvalue weighted by Crippen LogP contribution is -2.47. The van der Waals surface area contributed by atoms with Gasteiger partial charge in [0, 0.05) is 0 Å². The van der Waals surface area contributed by atoms with E-state index in [2.05, 4.69) is 28.8 Å². The Morgan fingerprint density at radius 3 is 2.50 bits per heavy atom. The third-order valence-corrected chi connectivity index (χ3v) is 5.58. The zero-order valence-corrected chi connectivity index (χ0v) is 18.3. The number of nitrogens with one attached hydrogen (secondary N) is 2. The lowest BCUT2D eigenvalue weighted by molar-refractivity contribution is -0.123. The zero-order chi connectivity index (χ0) is 20.7. The number of hydrogen-bond acceptors (Lipinski definition) is 3. The van der Waals surface area contributed by atoms with Crippen molar-refractivity contribution >= 4 is 35.2 Å². The molecule has 0 saturated heterocycles. The van der Waals surface area contributed by atoms with Crippen LogP contribution < -0.4 is 10.6 Å². The fraction of sp³-hybridized carbons (Fsp3) is 0.364. The van der Waals surface area contributed by atoms with Gasteiger partial charge in [-0.05, 0) is 62.5 Å². The second kappa shape index (κ2) is 10.5. The molecule has 2 aromatic rings. The van der Waals surface area contributed by atoms with Gasteiger partial charge in [-0.1, -0.05) is 47.5 Å². The van der Waals surface area contributed by atoms with Crippen molar-refractivity contribution in [2.45, 2.75) is 39.3 Å². The van der Waals surface area contributed by atoms with Crippen LogP contribution in [0.3, 0.4) is 0 Å². The van der Waals surface area contributed by atoms with Crippen LogP contribution in [0.4, 0.5) is 0 Å². The maximum Gasteiger partial charge on any atom is 0.253 e. The van der Waals surface area contributed by atoms with Gasteiger partial charge in [0.15, 0.2) is 0 Å². The summed E-state index contributed by atoms with van der Waals surface area (Å²) < 4.78 is 0. The maximum absolute atomic E-state index is 12.9. The first-order valence-corrected chi connectivity index (χ1v) is 11.0. The number of amides is 2. The van der Waals surface area contributed by atoms with E-state index in [1.54, 1.807) is 36.0 Å². The van der Waals surface area contributed by atoms with Gasteiger partial charge in [-0.25, -0.2) is 0 Å². The van der Waals surface area contributed by atoms with Gasteiger partial charge in [-0.3, -0.25) is 9.59 Å². The topological polar surface area (TPSA) is 58.2 Å². The van der Waals surface area contributed by atoms with Gasteiger partial charge in [0.25, 0.3) is 5.91 Å². The van der Waals surface area contributed by atoms with Gasteiger partial charge in [0.05, 0.1) is 16.6 Å². The third kappa shape index (κ3) is 6.01. The Bertz CT molecular complexity index is 841. The van der Waals surface area contributed by atoms with Crippen LogP contribution in [0.1, 0.15) is 46.4 Å². The standard InChI is InChI=1S/C22H27ClN2O2S/c1-14-9-10-15(2)18(13-14)16(3)24-22(27)20(11-12-28-4)25-21(26)17-7-5-6-8-19(17)23/h5-10,13,16,20H,11-12H2,1-4H3,(H,24,27)(H,25,26). The second-order valence-corrected chi connectivity index (χ2v) is 8.27. The monoisotopic (exact) mass is 418 g/mol. The van der Waals surface area contributed by atoms with Crippen molar-refractivity contribution in [2.24, 2.45) is 0 Å². The van der Waals surface area contributed by atoms with Crippen LogP contribution in [0.5, 0.6) is 0 Å². The summed E-state index contributed by atoms with van der Waals surface area (Å²) in [6.07, 6.45) is 2.52. The summed E-state index contributed by atoms with van der Waals surface area (Å²) in [6.45, 7) is 6.02. The van der Waals surface area contributed by atoms with Crippen LogP contribution >= 0.6 is 23.4 Å². The molecule has 4 nitrogen and oxygen atoms in total. The molecule has 0 aliphatic heterocycles. The smallest absolute Gasteiger partial charge is 0.253 e. The highest BCUT2D eigenvalue weighted by molar-refractivity contribution is 7.98. The fourth-order valence-electron chi connectivity index (χ4n) is 3.00. The molecule has 0 spiro atoms. The number of hydrogen-bond donors (Lipinski definition) is 2. The average Bonchev–Trinajstić information content (AvgIpc) is 2.66. The first-order chi connectivity index (χ1) is 13.3. The van der Waals surface area contributed by atoms with Gasteiger partial charge in [0.1, 0.15) is 6.04 Å². The molecule has 0 heterocycles. The van der Waals surface area contributed by atoms with Gasteiger partial charge in [-0.15, -0.1) is 0 Å². The van der Waals surface area contributed by atoms with Crippen LogP contribution in [0.2, 0.25) is 5.02 Å². The molecule has 0 radical (unpaired) electrons. The first-order valence-electron chi connectivity index (χ1n) is 9.25. The lowest BCUT2D eigenvalue weighted by Gasteiger charge is -2.23. The molecule has 2 N–H and O–H groups in total. The van der Waals surface area contributed by atoms with Gasteiger partial charge < -0.3 is 10.6 Å². The highest BCUT2D eigenvalue weighted by Crippen LogP contribution is 2.20. The average molecular weight is 419 g/mol. The number of benzene rings is 2. The molecule has 28 heavy (non-hydrogen) atoms. The van der Waals surface area contributed by atoms with E-state index >= 15 is 0 Å². The van der Waals surface area contributed by atoms with E-state index in [1.807, 2.05) is 27.0 Å². The molecule has 2 rings (SSSR count). The number of aryl methyl sites for hydroxylation is 2. The van der Waals surface area contributed by atoms with Crippen LogP contribution in [-0.4, -0.2) is 29.9 Å². The molecule has 0 saturated carbocycles. The maximum atomic E-state index is 12.9. The van der Waals surface area contributed by atoms with Crippen molar-refractivity contribution < 1.29 is 9.59 Å². The molecule has 0 aliphatic carbocycles. The van der Waals surface area contributed by atoms with E-state index in [1.165, 1.54) is 0 Å². The van der Waals surface area contributed by atoms with Crippen molar-refractivity contribution in [3.05, 3.63) is 69.7 Å². The largest absolute Gasteiger partial charge is 0.348 e. The van der Waals surface area contributed by atoms with Gasteiger partial charge in [0.2, 0.25) is 5.91 Å². The first kappa shape index (κ1) is 22.3. The third-order valence-electron chi connectivity index (χ3n) is 4.61. The van der Waals surface area contributed by atoms with E-state index in [-0.39, 0.29) is 17.9 Å². The quantitative estimate of drug-likeness (QED) is 0.654. The summed E-state index contributed by atoms with van der Waals surface area (Å²) >= 11 is 7.75. The summed E-state index contributed by atoms with van der Waals surface area (Å²) in [7, 11) is 0. The van der Waals surface area contributed by atoms with E-state index < -0.39 is 6.04 Å². The summed E-state index contributed by atoms with van der Waals surface area (Å²) in [6, 6.07) is 12.2. The van der Waals surface area contributed by atoms with Crippen molar-refractivity contribution in [1.29, 1.82) is 0 Å². The van der Waals surface area contributed by atoms with Crippen molar-refractivity contribution in [3.63, 3.8) is 0 Å². The molecule has 2 atom stereocenters. The molecule has 2 amide bonds. The molecule has 0 bridgehead atoms. The molecule has 2 aromatic carbocycles. The van der Waals surface area contributed by atoms with E-state index in [0.29, 0.717) is 17.0 Å². The van der Waals surface area contributed by atoms with Crippen LogP contribution in [0, 0.1) is 13.8 Å². The Balaban J connectivity index is 2.13. The minimum atomic E-state index is -0.621. The Morgan fingerprint density at radius 1 is 1.11 bits per heavy atom. The van der Waals surface area contributed by atoms with E-state index in [9.17, 15) is 9.59 Å². The summed E-state index contributed by atoms with van der Waals surface area (Å²) in [4.78, 5) is 25.5. The Kier molecular flexibility index (Phi) is 8.39. The normalized spacial score (nSPS) is 12.9. The highest BCUT2D eigenvalue weighted by atomic mass is 35.5. The van der Waals surface area contributed by atoms with Gasteiger partial charge in [-0.2, -0.15) is 11.8 Å². The summed E-state index contributed by atoms with van der Waals surface area (Å²) in [5, 5.41) is 6.26. The van der Waals surface area contributed by atoms with Crippen LogP contribution in [0.25, 0.3) is 0 Å². The second-order valence-electron chi connectivity index (χ2n) is 6.88. The minimum Gasteiger partial charge on any atom is -0.348 e. The Hall–Kier alpha value is -1.98. The minimum absolute atomic E-state index is 0.151. The number of thioether (sulfide) groups is 1. The lowest BCUT2D eigenvalue weighted by atomic mass is 9.99. The summed E-state index contributed by atoms with van der Waals surface area (Å²) in [5.41, 5.74) is 3.72. The number of carbonyl (C=O) groups is 2. The number of carbonyl (C=O) groups excluding carboxylic acids is 2. The molecular weight excluding hydrogens is 392 g/mol. The molecule has 6 heteroatoms. The Labute approximate surface area is 176 Å². The van der Waals surface area contributed by atoms with Crippen LogP contribution in [-0.2, 0) is 4.79 Å². The van der Waals surface area contributed by atoms with Crippen LogP contribution in [0.15, 0.2) is 42.5 Å². The SMILES string of the molecule is CSCCC(NC(=O)c1ccccc1Cl)C(=O)NC(C)c1cc(C)ccc1C.